The van der Waals surface area contributed by atoms with Crippen molar-refractivity contribution in [2.24, 2.45) is 11.7 Å². The first-order chi connectivity index (χ1) is 11.7. The third-order valence-corrected chi connectivity index (χ3v) is 6.60. The maximum Gasteiger partial charge on any atom is 0.253 e. The van der Waals surface area contributed by atoms with Gasteiger partial charge in [-0.25, -0.2) is 8.42 Å². The van der Waals surface area contributed by atoms with Crippen LogP contribution in [0, 0.1) is 5.92 Å². The summed E-state index contributed by atoms with van der Waals surface area (Å²) in [5.74, 6) is 0.353. The van der Waals surface area contributed by atoms with Crippen molar-refractivity contribution >= 4 is 21.6 Å². The zero-order chi connectivity index (χ0) is 18.4. The first kappa shape index (κ1) is 18.2. The van der Waals surface area contributed by atoms with Crippen molar-refractivity contribution in [2.75, 3.05) is 23.7 Å². The molecule has 2 N–H and O–H groups in total. The summed E-state index contributed by atoms with van der Waals surface area (Å²) in [5, 5.41) is 0. The second-order valence-corrected chi connectivity index (χ2v) is 9.33. The lowest BCUT2D eigenvalue weighted by Gasteiger charge is -2.34. The van der Waals surface area contributed by atoms with Gasteiger partial charge in [0.15, 0.2) is 0 Å². The summed E-state index contributed by atoms with van der Waals surface area (Å²) in [7, 11) is -3.31. The normalized spacial score (nSPS) is 25.0. The summed E-state index contributed by atoms with van der Waals surface area (Å²) < 4.78 is 25.5. The minimum absolute atomic E-state index is 0.0126. The van der Waals surface area contributed by atoms with E-state index in [4.69, 9.17) is 5.73 Å². The monoisotopic (exact) mass is 365 g/mol. The van der Waals surface area contributed by atoms with Gasteiger partial charge < -0.3 is 10.6 Å². The molecule has 0 aromatic heterocycles. The van der Waals surface area contributed by atoms with Gasteiger partial charge in [-0.1, -0.05) is 0 Å². The minimum atomic E-state index is -3.31. The number of likely N-dealkylation sites (tertiary alicyclic amines) is 1. The van der Waals surface area contributed by atoms with Crippen molar-refractivity contribution < 1.29 is 13.2 Å². The number of hydrogen-bond acceptors (Lipinski definition) is 4. The van der Waals surface area contributed by atoms with Gasteiger partial charge in [0.1, 0.15) is 0 Å². The van der Waals surface area contributed by atoms with E-state index < -0.39 is 10.0 Å². The van der Waals surface area contributed by atoms with E-state index in [1.54, 1.807) is 12.1 Å². The van der Waals surface area contributed by atoms with Crippen LogP contribution in [-0.4, -0.2) is 50.7 Å². The summed E-state index contributed by atoms with van der Waals surface area (Å²) in [4.78, 5) is 14.8. The average molecular weight is 365 g/mol. The Labute approximate surface area is 150 Å². The molecule has 1 saturated heterocycles. The standard InChI is InChI=1S/C18H27N3O3S/c1-12-9-16-10-14(6-7-17(16)21(12)25(3,23)24)18(22)20-8-4-5-15(11-20)13(2)19/h6-7,10,12-13,15H,4-5,8-9,11,19H2,1-3H3. The van der Waals surface area contributed by atoms with Crippen LogP contribution in [0.5, 0.6) is 0 Å². The number of piperidine rings is 1. The maximum atomic E-state index is 12.9. The maximum absolute atomic E-state index is 12.9. The summed E-state index contributed by atoms with van der Waals surface area (Å²) in [6, 6.07) is 5.33. The average Bonchev–Trinajstić information content (AvgIpc) is 2.89. The Morgan fingerprint density at radius 1 is 1.36 bits per heavy atom. The Balaban J connectivity index is 1.84. The fourth-order valence-corrected chi connectivity index (χ4v) is 5.31. The van der Waals surface area contributed by atoms with E-state index in [2.05, 4.69) is 0 Å². The molecule has 0 saturated carbocycles. The molecule has 1 aromatic carbocycles. The van der Waals surface area contributed by atoms with Gasteiger partial charge in [-0.05, 0) is 62.8 Å². The third kappa shape index (κ3) is 3.53. The second kappa shape index (κ2) is 6.61. The quantitative estimate of drug-likeness (QED) is 0.882. The molecule has 1 aromatic rings. The van der Waals surface area contributed by atoms with Crippen LogP contribution in [0.25, 0.3) is 0 Å². The third-order valence-electron chi connectivity index (χ3n) is 5.33. The number of anilines is 1. The number of fused-ring (bicyclic) bond motifs is 1. The molecule has 25 heavy (non-hydrogen) atoms. The van der Waals surface area contributed by atoms with Crippen LogP contribution in [0.4, 0.5) is 5.69 Å². The largest absolute Gasteiger partial charge is 0.338 e. The number of sulfonamides is 1. The molecule has 6 nitrogen and oxygen atoms in total. The van der Waals surface area contributed by atoms with Crippen molar-refractivity contribution in [2.45, 2.75) is 45.2 Å². The molecule has 1 amide bonds. The summed E-state index contributed by atoms with van der Waals surface area (Å²) in [6.45, 7) is 5.33. The zero-order valence-electron chi connectivity index (χ0n) is 15.1. The summed E-state index contributed by atoms with van der Waals surface area (Å²) >= 11 is 0. The molecule has 3 unspecified atom stereocenters. The predicted molar refractivity (Wildman–Crippen MR) is 99.2 cm³/mol. The van der Waals surface area contributed by atoms with Crippen LogP contribution in [-0.2, 0) is 16.4 Å². The minimum Gasteiger partial charge on any atom is -0.338 e. The molecule has 0 aliphatic carbocycles. The van der Waals surface area contributed by atoms with E-state index in [-0.39, 0.29) is 18.0 Å². The SMILES string of the molecule is CC(N)C1CCCN(C(=O)c2ccc3c(c2)CC(C)N3S(C)(=O)=O)C1. The van der Waals surface area contributed by atoms with Gasteiger partial charge >= 0.3 is 0 Å². The first-order valence-electron chi connectivity index (χ1n) is 8.85. The highest BCUT2D eigenvalue weighted by molar-refractivity contribution is 7.92. The van der Waals surface area contributed by atoms with E-state index in [9.17, 15) is 13.2 Å². The molecule has 2 aliphatic heterocycles. The van der Waals surface area contributed by atoms with Crippen molar-refractivity contribution in [1.29, 1.82) is 0 Å². The molecule has 0 bridgehead atoms. The number of amides is 1. The highest BCUT2D eigenvalue weighted by atomic mass is 32.2. The van der Waals surface area contributed by atoms with Gasteiger partial charge in [0.2, 0.25) is 10.0 Å². The van der Waals surface area contributed by atoms with Gasteiger partial charge in [-0.15, -0.1) is 0 Å². The molecule has 2 aliphatic rings. The molecule has 1 fully saturated rings. The van der Waals surface area contributed by atoms with Crippen molar-refractivity contribution in [3.05, 3.63) is 29.3 Å². The predicted octanol–water partition coefficient (Wildman–Crippen LogP) is 1.60. The fourth-order valence-electron chi connectivity index (χ4n) is 4.05. The molecule has 0 spiro atoms. The van der Waals surface area contributed by atoms with Gasteiger partial charge in [0.25, 0.3) is 5.91 Å². The summed E-state index contributed by atoms with van der Waals surface area (Å²) in [5.41, 5.74) is 8.26. The number of hydrogen-bond donors (Lipinski definition) is 1. The van der Waals surface area contributed by atoms with E-state index in [1.165, 1.54) is 10.6 Å². The Morgan fingerprint density at radius 3 is 2.72 bits per heavy atom. The number of carbonyl (C=O) groups is 1. The molecular weight excluding hydrogens is 338 g/mol. The molecule has 2 heterocycles. The lowest BCUT2D eigenvalue weighted by Crippen LogP contribution is -2.45. The highest BCUT2D eigenvalue weighted by Crippen LogP contribution is 2.35. The molecule has 3 atom stereocenters. The van der Waals surface area contributed by atoms with Crippen LogP contribution in [0.15, 0.2) is 18.2 Å². The first-order valence-corrected chi connectivity index (χ1v) is 10.7. The molecule has 138 valence electrons. The number of carbonyl (C=O) groups excluding carboxylic acids is 1. The number of rotatable bonds is 3. The van der Waals surface area contributed by atoms with Crippen molar-refractivity contribution in [3.63, 3.8) is 0 Å². The lowest BCUT2D eigenvalue weighted by atomic mass is 9.91. The topological polar surface area (TPSA) is 83.7 Å². The van der Waals surface area contributed by atoms with Crippen LogP contribution in [0.3, 0.4) is 0 Å². The Bertz CT molecular complexity index is 776. The van der Waals surface area contributed by atoms with Crippen LogP contribution < -0.4 is 10.0 Å². The van der Waals surface area contributed by atoms with Gasteiger partial charge in [-0.3, -0.25) is 9.10 Å². The Hall–Kier alpha value is -1.60. The molecule has 7 heteroatoms. The van der Waals surface area contributed by atoms with E-state index in [1.807, 2.05) is 24.8 Å². The lowest BCUT2D eigenvalue weighted by molar-refractivity contribution is 0.0661. The number of nitrogens with zero attached hydrogens (tertiary/aromatic N) is 2. The summed E-state index contributed by atoms with van der Waals surface area (Å²) in [6.07, 6.45) is 3.89. The van der Waals surface area contributed by atoms with Crippen molar-refractivity contribution in [1.82, 2.24) is 4.90 Å². The van der Waals surface area contributed by atoms with E-state index >= 15 is 0 Å². The van der Waals surface area contributed by atoms with Gasteiger partial charge in [0, 0.05) is 30.7 Å². The molecule has 0 radical (unpaired) electrons. The van der Waals surface area contributed by atoms with Gasteiger partial charge in [-0.2, -0.15) is 0 Å². The molecule has 3 rings (SSSR count). The van der Waals surface area contributed by atoms with Crippen LogP contribution in [0.2, 0.25) is 0 Å². The molecular formula is C18H27N3O3S. The zero-order valence-corrected chi connectivity index (χ0v) is 15.9. The van der Waals surface area contributed by atoms with E-state index in [0.29, 0.717) is 30.1 Å². The van der Waals surface area contributed by atoms with Crippen molar-refractivity contribution in [3.8, 4) is 0 Å². The highest BCUT2D eigenvalue weighted by Gasteiger charge is 2.33. The number of benzene rings is 1. The smallest absolute Gasteiger partial charge is 0.253 e. The van der Waals surface area contributed by atoms with Crippen LogP contribution in [0.1, 0.15) is 42.6 Å². The second-order valence-electron chi connectivity index (χ2n) is 7.47. The van der Waals surface area contributed by atoms with Crippen LogP contribution >= 0.6 is 0 Å². The Morgan fingerprint density at radius 2 is 2.08 bits per heavy atom. The van der Waals surface area contributed by atoms with Gasteiger partial charge in [0.05, 0.1) is 11.9 Å². The Kier molecular flexibility index (Phi) is 4.81. The fraction of sp³-hybridized carbons (Fsp3) is 0.611. The number of nitrogens with two attached hydrogens (primary N) is 1. The van der Waals surface area contributed by atoms with E-state index in [0.717, 1.165) is 24.9 Å².